The van der Waals surface area contributed by atoms with Gasteiger partial charge >= 0.3 is 6.18 Å². The van der Waals surface area contributed by atoms with Crippen molar-refractivity contribution in [2.24, 2.45) is 4.99 Å². The van der Waals surface area contributed by atoms with E-state index in [4.69, 9.17) is 4.74 Å². The fourth-order valence-corrected chi connectivity index (χ4v) is 1.18. The molecule has 122 valence electrons. The van der Waals surface area contributed by atoms with Gasteiger partial charge in [0.05, 0.1) is 6.61 Å². The molecule has 0 spiro atoms. The number of hydrogen-bond donors (Lipinski definition) is 2. The Kier molecular flexibility index (Phi) is 15.0. The van der Waals surface area contributed by atoms with Gasteiger partial charge in [-0.15, -0.1) is 24.0 Å². The molecule has 0 fully saturated rings. The van der Waals surface area contributed by atoms with Gasteiger partial charge in [-0.05, 0) is 13.3 Å². The van der Waals surface area contributed by atoms with E-state index in [1.54, 1.807) is 7.05 Å². The lowest BCUT2D eigenvalue weighted by molar-refractivity contribution is -0.173. The molecule has 0 saturated carbocycles. The predicted molar refractivity (Wildman–Crippen MR) is 82.8 cm³/mol. The van der Waals surface area contributed by atoms with Crippen molar-refractivity contribution in [2.75, 3.05) is 46.6 Å². The van der Waals surface area contributed by atoms with Gasteiger partial charge in [0.2, 0.25) is 0 Å². The van der Waals surface area contributed by atoms with Crippen LogP contribution in [0.4, 0.5) is 13.2 Å². The van der Waals surface area contributed by atoms with Crippen molar-refractivity contribution < 1.29 is 22.6 Å². The van der Waals surface area contributed by atoms with Crippen LogP contribution in [0.5, 0.6) is 0 Å². The van der Waals surface area contributed by atoms with Crippen LogP contribution in [0.3, 0.4) is 0 Å². The van der Waals surface area contributed by atoms with E-state index in [1.165, 1.54) is 0 Å². The summed E-state index contributed by atoms with van der Waals surface area (Å²) in [6, 6.07) is 0. The highest BCUT2D eigenvalue weighted by Gasteiger charge is 2.27. The van der Waals surface area contributed by atoms with E-state index >= 15 is 0 Å². The van der Waals surface area contributed by atoms with Crippen molar-refractivity contribution in [3.05, 3.63) is 0 Å². The number of halogens is 4. The molecule has 5 nitrogen and oxygen atoms in total. The Morgan fingerprint density at radius 2 is 1.75 bits per heavy atom. The van der Waals surface area contributed by atoms with Crippen LogP contribution in [0, 0.1) is 0 Å². The second kappa shape index (κ2) is 13.7. The molecule has 0 rings (SSSR count). The number of alkyl halides is 3. The normalized spacial score (nSPS) is 11.9. The summed E-state index contributed by atoms with van der Waals surface area (Å²) in [4.78, 5) is 3.96. The molecule has 0 unspecified atom stereocenters. The minimum absolute atomic E-state index is 0. The first kappa shape index (κ1) is 22.0. The number of nitrogens with zero attached hydrogens (tertiary/aromatic N) is 1. The molecule has 0 bridgehead atoms. The van der Waals surface area contributed by atoms with Crippen molar-refractivity contribution in [2.45, 2.75) is 19.5 Å². The summed E-state index contributed by atoms with van der Waals surface area (Å²) in [6.45, 7) is 3.12. The minimum Gasteiger partial charge on any atom is -0.380 e. The van der Waals surface area contributed by atoms with Gasteiger partial charge in [-0.25, -0.2) is 0 Å². The number of nitrogens with one attached hydrogen (secondary N) is 2. The Balaban J connectivity index is 0. The molecule has 0 aliphatic heterocycles. The molecule has 9 heteroatoms. The first-order valence-electron chi connectivity index (χ1n) is 6.16. The van der Waals surface area contributed by atoms with Crippen LogP contribution >= 0.6 is 24.0 Å². The zero-order valence-corrected chi connectivity index (χ0v) is 14.1. The van der Waals surface area contributed by atoms with Crippen molar-refractivity contribution in [3.63, 3.8) is 0 Å². The lowest BCUT2D eigenvalue weighted by atomic mass is 10.4. The Bertz CT molecular complexity index is 254. The standard InChI is InChI=1S/C11H22F3N3O2.HI/c1-3-18-8-6-17-10(15-2)16-5-4-7-19-9-11(12,13)14;/h3-9H2,1-2H3,(H2,15,16,17);1H. The lowest BCUT2D eigenvalue weighted by Gasteiger charge is -2.12. The number of aliphatic imine (C=N–C) groups is 1. The Morgan fingerprint density at radius 1 is 1.10 bits per heavy atom. The highest BCUT2D eigenvalue weighted by atomic mass is 127. The highest BCUT2D eigenvalue weighted by Crippen LogP contribution is 2.14. The third kappa shape index (κ3) is 15.8. The molecule has 0 aromatic heterocycles. The molecule has 20 heavy (non-hydrogen) atoms. The summed E-state index contributed by atoms with van der Waals surface area (Å²) in [7, 11) is 1.62. The summed E-state index contributed by atoms with van der Waals surface area (Å²) < 4.78 is 44.9. The molecule has 0 amide bonds. The molecule has 0 aromatic carbocycles. The fourth-order valence-electron chi connectivity index (χ4n) is 1.18. The molecule has 0 atom stereocenters. The zero-order valence-electron chi connectivity index (χ0n) is 11.8. The minimum atomic E-state index is -4.26. The molecule has 0 aromatic rings. The van der Waals surface area contributed by atoms with E-state index in [0.29, 0.717) is 38.7 Å². The van der Waals surface area contributed by atoms with Crippen LogP contribution in [0.2, 0.25) is 0 Å². The quantitative estimate of drug-likeness (QED) is 0.262. The van der Waals surface area contributed by atoms with Crippen LogP contribution in [0.15, 0.2) is 4.99 Å². The van der Waals surface area contributed by atoms with E-state index in [2.05, 4.69) is 20.4 Å². The summed E-state index contributed by atoms with van der Waals surface area (Å²) in [6.07, 6.45) is -3.79. The van der Waals surface area contributed by atoms with Gasteiger partial charge in [-0.2, -0.15) is 13.2 Å². The van der Waals surface area contributed by atoms with E-state index < -0.39 is 12.8 Å². The Morgan fingerprint density at radius 3 is 2.30 bits per heavy atom. The maximum atomic E-state index is 11.8. The van der Waals surface area contributed by atoms with Crippen LogP contribution in [-0.4, -0.2) is 58.7 Å². The van der Waals surface area contributed by atoms with Crippen LogP contribution in [0.1, 0.15) is 13.3 Å². The molecular formula is C11H23F3IN3O2. The monoisotopic (exact) mass is 413 g/mol. The maximum Gasteiger partial charge on any atom is 0.411 e. The molecule has 0 heterocycles. The SMILES string of the molecule is CCOCCNC(=NC)NCCCOCC(F)(F)F.I. The van der Waals surface area contributed by atoms with Crippen molar-refractivity contribution in [3.8, 4) is 0 Å². The topological polar surface area (TPSA) is 54.9 Å². The van der Waals surface area contributed by atoms with E-state index in [9.17, 15) is 13.2 Å². The molecule has 0 aliphatic carbocycles. The average Bonchev–Trinajstić information content (AvgIpc) is 2.34. The number of ether oxygens (including phenoxy) is 2. The summed E-state index contributed by atoms with van der Waals surface area (Å²) in [5.41, 5.74) is 0. The van der Waals surface area contributed by atoms with E-state index in [-0.39, 0.29) is 30.6 Å². The average molecular weight is 413 g/mol. The van der Waals surface area contributed by atoms with Gasteiger partial charge in [0.25, 0.3) is 0 Å². The smallest absolute Gasteiger partial charge is 0.380 e. The first-order chi connectivity index (χ1) is 8.99. The maximum absolute atomic E-state index is 11.8. The van der Waals surface area contributed by atoms with Gasteiger partial charge in [0, 0.05) is 33.4 Å². The lowest BCUT2D eigenvalue weighted by Crippen LogP contribution is -2.39. The third-order valence-corrected chi connectivity index (χ3v) is 1.99. The van der Waals surface area contributed by atoms with Crippen LogP contribution in [-0.2, 0) is 9.47 Å². The zero-order chi connectivity index (χ0) is 14.6. The molecule has 0 radical (unpaired) electrons. The molecule has 0 aliphatic rings. The predicted octanol–water partition coefficient (Wildman–Crippen LogP) is 1.77. The highest BCUT2D eigenvalue weighted by molar-refractivity contribution is 14.0. The van der Waals surface area contributed by atoms with Gasteiger partial charge in [0.15, 0.2) is 5.96 Å². The Labute approximate surface area is 134 Å². The summed E-state index contributed by atoms with van der Waals surface area (Å²) >= 11 is 0. The van der Waals surface area contributed by atoms with Crippen molar-refractivity contribution in [1.82, 2.24) is 10.6 Å². The van der Waals surface area contributed by atoms with E-state index in [1.807, 2.05) is 6.92 Å². The van der Waals surface area contributed by atoms with Crippen molar-refractivity contribution in [1.29, 1.82) is 0 Å². The number of guanidine groups is 1. The largest absolute Gasteiger partial charge is 0.411 e. The summed E-state index contributed by atoms with van der Waals surface area (Å²) in [5, 5.41) is 5.98. The van der Waals surface area contributed by atoms with Gasteiger partial charge < -0.3 is 20.1 Å². The number of rotatable bonds is 9. The van der Waals surface area contributed by atoms with Gasteiger partial charge in [0.1, 0.15) is 6.61 Å². The van der Waals surface area contributed by atoms with Crippen molar-refractivity contribution >= 4 is 29.9 Å². The second-order valence-corrected chi connectivity index (χ2v) is 3.64. The van der Waals surface area contributed by atoms with Crippen LogP contribution in [0.25, 0.3) is 0 Å². The Hall–Kier alpha value is -0.290. The molecular weight excluding hydrogens is 390 g/mol. The van der Waals surface area contributed by atoms with Gasteiger partial charge in [-0.1, -0.05) is 0 Å². The second-order valence-electron chi connectivity index (χ2n) is 3.64. The van der Waals surface area contributed by atoms with Crippen LogP contribution < -0.4 is 10.6 Å². The first-order valence-corrected chi connectivity index (χ1v) is 6.16. The van der Waals surface area contributed by atoms with Gasteiger partial charge in [-0.3, -0.25) is 4.99 Å². The molecule has 2 N–H and O–H groups in total. The van der Waals surface area contributed by atoms with E-state index in [0.717, 1.165) is 0 Å². The fraction of sp³-hybridized carbons (Fsp3) is 0.909. The number of hydrogen-bond acceptors (Lipinski definition) is 3. The summed E-state index contributed by atoms with van der Waals surface area (Å²) in [5.74, 6) is 0.593. The third-order valence-electron chi connectivity index (χ3n) is 1.99. The molecule has 0 saturated heterocycles.